The summed E-state index contributed by atoms with van der Waals surface area (Å²) in [6.45, 7) is 2.28. The summed E-state index contributed by atoms with van der Waals surface area (Å²) in [5, 5.41) is 22.7. The number of amides is 3. The minimum atomic E-state index is -2.97. The summed E-state index contributed by atoms with van der Waals surface area (Å²) >= 11 is 6.52. The number of benzene rings is 2. The van der Waals surface area contributed by atoms with E-state index in [2.05, 4.69) is 10.3 Å². The number of nitrogens with zero attached hydrogens (tertiary/aromatic N) is 4. The Bertz CT molecular complexity index is 1700. The standard InChI is InChI=1S/C31H27ClF3N5O5/c1-30(2,44)18-10-19(33)12-21(11-18)39(28(42)24-16-45-29(43)40(24)25-9-17(15-36)7-8-37-25)26(22-5-3-4-6-23(22)32)27(41)38-20-13-31(34,35)14-20/h3-12,20,24,26,44H,13-14,16H2,1-2H3,(H,38,41). The lowest BCUT2D eigenvalue weighted by atomic mass is 9.87. The van der Waals surface area contributed by atoms with Gasteiger partial charge in [-0.25, -0.2) is 27.8 Å². The average Bonchev–Trinajstić information content (AvgIpc) is 3.35. The molecule has 2 fully saturated rings. The number of pyridine rings is 1. The number of anilines is 2. The molecule has 0 spiro atoms. The van der Waals surface area contributed by atoms with Gasteiger partial charge in [-0.1, -0.05) is 29.8 Å². The fourth-order valence-corrected chi connectivity index (χ4v) is 5.48. The van der Waals surface area contributed by atoms with E-state index in [1.165, 1.54) is 50.4 Å². The first-order chi connectivity index (χ1) is 21.2. The van der Waals surface area contributed by atoms with Crippen LogP contribution in [0.1, 0.15) is 49.4 Å². The minimum absolute atomic E-state index is 0.0347. The summed E-state index contributed by atoms with van der Waals surface area (Å²) in [6, 6.07) is 9.86. The van der Waals surface area contributed by atoms with E-state index in [0.29, 0.717) is 0 Å². The van der Waals surface area contributed by atoms with Gasteiger partial charge in [0.15, 0.2) is 6.04 Å². The van der Waals surface area contributed by atoms with Crippen molar-refractivity contribution in [1.29, 1.82) is 5.26 Å². The molecule has 1 aliphatic carbocycles. The van der Waals surface area contributed by atoms with E-state index < -0.39 is 72.8 Å². The van der Waals surface area contributed by atoms with Crippen LogP contribution in [0.15, 0.2) is 60.8 Å². The normalized spacial score (nSPS) is 18.4. The Hall–Kier alpha value is -4.67. The Labute approximate surface area is 261 Å². The molecule has 5 rings (SSSR count). The lowest BCUT2D eigenvalue weighted by Gasteiger charge is -2.39. The summed E-state index contributed by atoms with van der Waals surface area (Å²) in [6.07, 6.45) is -0.952. The number of halogens is 4. The smallest absolute Gasteiger partial charge is 0.416 e. The van der Waals surface area contributed by atoms with Crippen molar-refractivity contribution in [2.75, 3.05) is 16.4 Å². The fraction of sp³-hybridized carbons (Fsp3) is 0.323. The molecule has 45 heavy (non-hydrogen) atoms. The van der Waals surface area contributed by atoms with Crippen LogP contribution in [0.5, 0.6) is 0 Å². The van der Waals surface area contributed by atoms with Crippen LogP contribution >= 0.6 is 11.6 Å². The van der Waals surface area contributed by atoms with Gasteiger partial charge in [-0.05, 0) is 55.8 Å². The van der Waals surface area contributed by atoms with Crippen molar-refractivity contribution >= 4 is 41.0 Å². The van der Waals surface area contributed by atoms with E-state index in [-0.39, 0.29) is 33.2 Å². The number of carbonyl (C=O) groups excluding carboxylic acids is 3. The molecule has 234 valence electrons. The summed E-state index contributed by atoms with van der Waals surface area (Å²) < 4.78 is 47.8. The van der Waals surface area contributed by atoms with Gasteiger partial charge in [0.25, 0.3) is 11.8 Å². The van der Waals surface area contributed by atoms with Gasteiger partial charge in [0.05, 0.1) is 17.2 Å². The molecule has 10 nitrogen and oxygen atoms in total. The molecule has 0 bridgehead atoms. The molecule has 1 aliphatic heterocycles. The number of alkyl halides is 2. The third kappa shape index (κ3) is 6.57. The molecule has 2 heterocycles. The Balaban J connectivity index is 1.68. The zero-order valence-electron chi connectivity index (χ0n) is 24.0. The predicted molar refractivity (Wildman–Crippen MR) is 156 cm³/mol. The van der Waals surface area contributed by atoms with Gasteiger partial charge >= 0.3 is 6.09 Å². The predicted octanol–water partition coefficient (Wildman–Crippen LogP) is 4.99. The number of aliphatic hydroxyl groups is 1. The van der Waals surface area contributed by atoms with Crippen molar-refractivity contribution in [3.8, 4) is 6.07 Å². The monoisotopic (exact) mass is 641 g/mol. The minimum Gasteiger partial charge on any atom is -0.446 e. The highest BCUT2D eigenvalue weighted by molar-refractivity contribution is 6.31. The lowest BCUT2D eigenvalue weighted by molar-refractivity contribution is -0.133. The molecule has 2 aromatic carbocycles. The fourth-order valence-electron chi connectivity index (χ4n) is 5.24. The molecule has 3 amide bonds. The van der Waals surface area contributed by atoms with Crippen LogP contribution in [0, 0.1) is 17.1 Å². The molecule has 14 heteroatoms. The molecule has 2 unspecified atom stereocenters. The van der Waals surface area contributed by atoms with Gasteiger partial charge in [-0.15, -0.1) is 0 Å². The molecule has 0 radical (unpaired) electrons. The molecule has 1 aromatic heterocycles. The van der Waals surface area contributed by atoms with E-state index in [4.69, 9.17) is 16.3 Å². The topological polar surface area (TPSA) is 136 Å². The van der Waals surface area contributed by atoms with Crippen molar-refractivity contribution < 1.29 is 37.4 Å². The highest BCUT2D eigenvalue weighted by Gasteiger charge is 2.49. The van der Waals surface area contributed by atoms with E-state index in [0.717, 1.165) is 21.9 Å². The summed E-state index contributed by atoms with van der Waals surface area (Å²) in [5.41, 5.74) is -1.54. The van der Waals surface area contributed by atoms with Crippen molar-refractivity contribution in [3.63, 3.8) is 0 Å². The molecule has 1 saturated carbocycles. The van der Waals surface area contributed by atoms with Gasteiger partial charge in [-0.2, -0.15) is 5.26 Å². The summed E-state index contributed by atoms with van der Waals surface area (Å²) in [5.74, 6) is -5.77. The number of nitrogens with one attached hydrogen (secondary N) is 1. The van der Waals surface area contributed by atoms with E-state index in [1.807, 2.05) is 6.07 Å². The lowest BCUT2D eigenvalue weighted by Crippen LogP contribution is -2.56. The van der Waals surface area contributed by atoms with Gasteiger partial charge in [0.1, 0.15) is 24.3 Å². The number of rotatable bonds is 8. The molecule has 2 atom stereocenters. The number of hydrogen-bond donors (Lipinski definition) is 2. The van der Waals surface area contributed by atoms with Gasteiger partial charge in [0, 0.05) is 41.4 Å². The maximum Gasteiger partial charge on any atom is 0.416 e. The van der Waals surface area contributed by atoms with Crippen LogP contribution in [-0.2, 0) is 19.9 Å². The second-order valence-corrected chi connectivity index (χ2v) is 11.7. The Morgan fingerprint density at radius 3 is 2.58 bits per heavy atom. The third-order valence-electron chi connectivity index (χ3n) is 7.53. The van der Waals surface area contributed by atoms with Crippen LogP contribution in [0.2, 0.25) is 5.02 Å². The number of aromatic nitrogens is 1. The van der Waals surface area contributed by atoms with Crippen LogP contribution in [0.3, 0.4) is 0 Å². The highest BCUT2D eigenvalue weighted by atomic mass is 35.5. The average molecular weight is 642 g/mol. The van der Waals surface area contributed by atoms with Crippen LogP contribution in [-0.4, -0.2) is 52.6 Å². The molecule has 2 aliphatic rings. The molecule has 1 saturated heterocycles. The zero-order chi connectivity index (χ0) is 32.7. The second kappa shape index (κ2) is 12.0. The van der Waals surface area contributed by atoms with Gasteiger partial charge < -0.3 is 15.2 Å². The second-order valence-electron chi connectivity index (χ2n) is 11.3. The van der Waals surface area contributed by atoms with Gasteiger partial charge in [0.2, 0.25) is 5.91 Å². The van der Waals surface area contributed by atoms with Crippen LogP contribution in [0.4, 0.5) is 29.5 Å². The first-order valence-electron chi connectivity index (χ1n) is 13.8. The summed E-state index contributed by atoms with van der Waals surface area (Å²) in [7, 11) is 0. The van der Waals surface area contributed by atoms with Crippen molar-refractivity contribution in [3.05, 3.63) is 88.3 Å². The maximum absolute atomic E-state index is 15.2. The highest BCUT2D eigenvalue weighted by Crippen LogP contribution is 2.40. The van der Waals surface area contributed by atoms with E-state index in [1.54, 1.807) is 12.1 Å². The maximum atomic E-state index is 15.2. The van der Waals surface area contributed by atoms with Crippen molar-refractivity contribution in [2.24, 2.45) is 0 Å². The number of ether oxygens (including phenoxy) is 1. The Morgan fingerprint density at radius 1 is 1.22 bits per heavy atom. The molecule has 3 aromatic rings. The first-order valence-corrected chi connectivity index (χ1v) is 14.2. The van der Waals surface area contributed by atoms with Crippen LogP contribution < -0.4 is 15.1 Å². The van der Waals surface area contributed by atoms with Crippen molar-refractivity contribution in [1.82, 2.24) is 10.3 Å². The summed E-state index contributed by atoms with van der Waals surface area (Å²) in [4.78, 5) is 47.5. The Kier molecular flexibility index (Phi) is 8.48. The zero-order valence-corrected chi connectivity index (χ0v) is 24.8. The molecular formula is C31H27ClF3N5O5. The SMILES string of the molecule is CC(C)(O)c1cc(F)cc(N(C(=O)C2COC(=O)N2c2cc(C#N)ccn2)C(C(=O)NC2CC(F)(F)C2)c2ccccc2Cl)c1. The van der Waals surface area contributed by atoms with Crippen molar-refractivity contribution in [2.45, 2.75) is 56.3 Å². The van der Waals surface area contributed by atoms with E-state index >= 15 is 4.39 Å². The van der Waals surface area contributed by atoms with E-state index in [9.17, 15) is 33.5 Å². The number of cyclic esters (lactones) is 1. The molecular weight excluding hydrogens is 615 g/mol. The molecule has 2 N–H and O–H groups in total. The number of carbonyl (C=O) groups is 3. The van der Waals surface area contributed by atoms with Crippen LogP contribution in [0.25, 0.3) is 0 Å². The Morgan fingerprint density at radius 2 is 1.93 bits per heavy atom. The third-order valence-corrected chi connectivity index (χ3v) is 7.87. The quantitative estimate of drug-likeness (QED) is 0.354. The first kappa shape index (κ1) is 31.7. The van der Waals surface area contributed by atoms with Gasteiger partial charge in [-0.3, -0.25) is 14.5 Å². The number of nitriles is 1. The number of hydrogen-bond acceptors (Lipinski definition) is 7. The largest absolute Gasteiger partial charge is 0.446 e.